The summed E-state index contributed by atoms with van der Waals surface area (Å²) in [6, 6.07) is 0.322. The standard InChI is InChI=1S/C14H24N4/c1-17-6-4-11(5-7-17)8-14-16-9-13-3-2-12(15)10-18(13)14/h9,11-12H,2-8,10,15H2,1H3. The molecule has 1 aromatic heterocycles. The summed E-state index contributed by atoms with van der Waals surface area (Å²) < 4.78 is 2.38. The van der Waals surface area contributed by atoms with Gasteiger partial charge in [-0.05, 0) is 51.7 Å². The van der Waals surface area contributed by atoms with Gasteiger partial charge in [-0.3, -0.25) is 0 Å². The van der Waals surface area contributed by atoms with Crippen molar-refractivity contribution in [3.8, 4) is 0 Å². The fourth-order valence-electron chi connectivity index (χ4n) is 3.22. The zero-order chi connectivity index (χ0) is 12.5. The number of nitrogens with two attached hydrogens (primary N) is 1. The van der Waals surface area contributed by atoms with Gasteiger partial charge in [-0.15, -0.1) is 0 Å². The lowest BCUT2D eigenvalue weighted by atomic mass is 9.93. The molecule has 0 aromatic carbocycles. The third kappa shape index (κ3) is 2.45. The van der Waals surface area contributed by atoms with Gasteiger partial charge in [-0.1, -0.05) is 0 Å². The summed E-state index contributed by atoms with van der Waals surface area (Å²) >= 11 is 0. The molecule has 100 valence electrons. The van der Waals surface area contributed by atoms with Gasteiger partial charge >= 0.3 is 0 Å². The highest BCUT2D eigenvalue weighted by Gasteiger charge is 2.22. The summed E-state index contributed by atoms with van der Waals surface area (Å²) in [7, 11) is 2.21. The van der Waals surface area contributed by atoms with Crippen LogP contribution in [-0.4, -0.2) is 40.6 Å². The first-order chi connectivity index (χ1) is 8.72. The van der Waals surface area contributed by atoms with Crippen LogP contribution < -0.4 is 5.73 Å². The molecule has 3 heterocycles. The third-order valence-corrected chi connectivity index (χ3v) is 4.52. The van der Waals surface area contributed by atoms with Crippen LogP contribution in [0, 0.1) is 5.92 Å². The molecule has 1 atom stereocenters. The van der Waals surface area contributed by atoms with Crippen molar-refractivity contribution in [2.75, 3.05) is 20.1 Å². The lowest BCUT2D eigenvalue weighted by molar-refractivity contribution is 0.216. The van der Waals surface area contributed by atoms with Gasteiger partial charge < -0.3 is 15.2 Å². The van der Waals surface area contributed by atoms with E-state index >= 15 is 0 Å². The summed E-state index contributed by atoms with van der Waals surface area (Å²) in [6.07, 6.45) is 8.03. The highest BCUT2D eigenvalue weighted by molar-refractivity contribution is 5.10. The summed E-state index contributed by atoms with van der Waals surface area (Å²) in [4.78, 5) is 7.06. The third-order valence-electron chi connectivity index (χ3n) is 4.52. The van der Waals surface area contributed by atoms with Crippen molar-refractivity contribution in [1.82, 2.24) is 14.5 Å². The number of hydrogen-bond acceptors (Lipinski definition) is 3. The van der Waals surface area contributed by atoms with Crippen LogP contribution in [-0.2, 0) is 19.4 Å². The largest absolute Gasteiger partial charge is 0.330 e. The van der Waals surface area contributed by atoms with Crippen molar-refractivity contribution in [2.24, 2.45) is 11.7 Å². The number of nitrogens with zero attached hydrogens (tertiary/aromatic N) is 3. The SMILES string of the molecule is CN1CCC(Cc2ncc3n2CC(N)CC3)CC1. The lowest BCUT2D eigenvalue weighted by Crippen LogP contribution is -2.34. The summed E-state index contributed by atoms with van der Waals surface area (Å²) in [5.41, 5.74) is 7.46. The van der Waals surface area contributed by atoms with Crippen LogP contribution in [0.3, 0.4) is 0 Å². The van der Waals surface area contributed by atoms with Gasteiger partial charge in [0.2, 0.25) is 0 Å². The average Bonchev–Trinajstić information content (AvgIpc) is 2.75. The Hall–Kier alpha value is -0.870. The molecule has 2 N–H and O–H groups in total. The Morgan fingerprint density at radius 2 is 2.11 bits per heavy atom. The molecule has 1 fully saturated rings. The number of rotatable bonds is 2. The van der Waals surface area contributed by atoms with Crippen LogP contribution in [0.15, 0.2) is 6.20 Å². The molecule has 0 spiro atoms. The molecule has 0 radical (unpaired) electrons. The summed E-state index contributed by atoms with van der Waals surface area (Å²) in [6.45, 7) is 3.44. The van der Waals surface area contributed by atoms with E-state index in [0.717, 1.165) is 31.7 Å². The summed E-state index contributed by atoms with van der Waals surface area (Å²) in [5, 5.41) is 0. The predicted octanol–water partition coefficient (Wildman–Crippen LogP) is 1.04. The summed E-state index contributed by atoms with van der Waals surface area (Å²) in [5.74, 6) is 2.08. The monoisotopic (exact) mass is 248 g/mol. The zero-order valence-corrected chi connectivity index (χ0v) is 11.3. The highest BCUT2D eigenvalue weighted by Crippen LogP contribution is 2.23. The molecule has 18 heavy (non-hydrogen) atoms. The van der Waals surface area contributed by atoms with E-state index in [-0.39, 0.29) is 0 Å². The molecule has 1 saturated heterocycles. The van der Waals surface area contributed by atoms with Gasteiger partial charge in [0.1, 0.15) is 5.82 Å². The van der Waals surface area contributed by atoms with Crippen LogP contribution in [0.5, 0.6) is 0 Å². The van der Waals surface area contributed by atoms with Crippen molar-refractivity contribution < 1.29 is 0 Å². The first kappa shape index (κ1) is 12.2. The Kier molecular flexibility index (Phi) is 3.39. The topological polar surface area (TPSA) is 47.1 Å². The van der Waals surface area contributed by atoms with E-state index in [1.807, 2.05) is 0 Å². The van der Waals surface area contributed by atoms with Crippen molar-refractivity contribution in [2.45, 2.75) is 44.7 Å². The van der Waals surface area contributed by atoms with E-state index in [9.17, 15) is 0 Å². The second-order valence-electron chi connectivity index (χ2n) is 6.03. The number of aromatic nitrogens is 2. The Labute approximate surface area is 109 Å². The van der Waals surface area contributed by atoms with Crippen molar-refractivity contribution in [3.63, 3.8) is 0 Å². The molecular weight excluding hydrogens is 224 g/mol. The number of imidazole rings is 1. The lowest BCUT2D eigenvalue weighted by Gasteiger charge is -2.29. The molecule has 0 amide bonds. The molecule has 4 heteroatoms. The molecule has 1 unspecified atom stereocenters. The molecule has 3 rings (SSSR count). The van der Waals surface area contributed by atoms with Crippen molar-refractivity contribution in [3.05, 3.63) is 17.7 Å². The van der Waals surface area contributed by atoms with E-state index in [4.69, 9.17) is 5.73 Å². The second-order valence-corrected chi connectivity index (χ2v) is 6.03. The highest BCUT2D eigenvalue weighted by atomic mass is 15.1. The van der Waals surface area contributed by atoms with E-state index in [1.54, 1.807) is 0 Å². The minimum absolute atomic E-state index is 0.322. The van der Waals surface area contributed by atoms with Gasteiger partial charge in [0.25, 0.3) is 0 Å². The van der Waals surface area contributed by atoms with E-state index in [0.29, 0.717) is 6.04 Å². The van der Waals surface area contributed by atoms with Crippen LogP contribution in [0.25, 0.3) is 0 Å². The van der Waals surface area contributed by atoms with Crippen LogP contribution in [0.4, 0.5) is 0 Å². The van der Waals surface area contributed by atoms with Gasteiger partial charge in [0, 0.05) is 30.9 Å². The maximum absolute atomic E-state index is 6.07. The van der Waals surface area contributed by atoms with Crippen LogP contribution in [0.1, 0.15) is 30.8 Å². The number of hydrogen-bond donors (Lipinski definition) is 1. The van der Waals surface area contributed by atoms with E-state index in [2.05, 4.69) is 27.7 Å². The first-order valence-corrected chi connectivity index (χ1v) is 7.20. The smallest absolute Gasteiger partial charge is 0.109 e. The molecule has 0 aliphatic carbocycles. The van der Waals surface area contributed by atoms with Crippen LogP contribution in [0.2, 0.25) is 0 Å². The van der Waals surface area contributed by atoms with E-state index < -0.39 is 0 Å². The number of piperidine rings is 1. The van der Waals surface area contributed by atoms with E-state index in [1.165, 1.54) is 37.4 Å². The maximum Gasteiger partial charge on any atom is 0.109 e. The number of likely N-dealkylation sites (tertiary alicyclic amines) is 1. The number of fused-ring (bicyclic) bond motifs is 1. The quantitative estimate of drug-likeness (QED) is 0.850. The van der Waals surface area contributed by atoms with Crippen molar-refractivity contribution >= 4 is 0 Å². The Balaban J connectivity index is 1.68. The predicted molar refractivity (Wildman–Crippen MR) is 72.4 cm³/mol. The molecule has 2 aliphatic rings. The first-order valence-electron chi connectivity index (χ1n) is 7.20. The normalized spacial score (nSPS) is 26.2. The molecule has 2 aliphatic heterocycles. The molecular formula is C14H24N4. The minimum Gasteiger partial charge on any atom is -0.330 e. The number of aryl methyl sites for hydroxylation is 1. The molecule has 0 bridgehead atoms. The van der Waals surface area contributed by atoms with Crippen LogP contribution >= 0.6 is 0 Å². The van der Waals surface area contributed by atoms with Gasteiger partial charge in [-0.2, -0.15) is 0 Å². The van der Waals surface area contributed by atoms with Gasteiger partial charge in [0.05, 0.1) is 0 Å². The molecule has 1 aromatic rings. The molecule has 0 saturated carbocycles. The van der Waals surface area contributed by atoms with Crippen molar-refractivity contribution in [1.29, 1.82) is 0 Å². The van der Waals surface area contributed by atoms with Gasteiger partial charge in [-0.25, -0.2) is 4.98 Å². The minimum atomic E-state index is 0.322. The Morgan fingerprint density at radius 3 is 2.89 bits per heavy atom. The zero-order valence-electron chi connectivity index (χ0n) is 11.3. The maximum atomic E-state index is 6.07. The van der Waals surface area contributed by atoms with Gasteiger partial charge in [0.15, 0.2) is 0 Å². The molecule has 4 nitrogen and oxygen atoms in total. The Morgan fingerprint density at radius 1 is 1.33 bits per heavy atom. The second kappa shape index (κ2) is 5.02. The fraction of sp³-hybridized carbons (Fsp3) is 0.786. The Bertz CT molecular complexity index is 404. The fourth-order valence-corrected chi connectivity index (χ4v) is 3.22. The average molecular weight is 248 g/mol.